The van der Waals surface area contributed by atoms with Crippen molar-refractivity contribution in [1.29, 1.82) is 0 Å². The highest BCUT2D eigenvalue weighted by molar-refractivity contribution is 4.80. The van der Waals surface area contributed by atoms with Gasteiger partial charge in [0.15, 0.2) is 0 Å². The molecule has 9 heavy (non-hydrogen) atoms. The summed E-state index contributed by atoms with van der Waals surface area (Å²) in [5.74, 6) is 0. The van der Waals surface area contributed by atoms with E-state index in [4.69, 9.17) is 0 Å². The van der Waals surface area contributed by atoms with Gasteiger partial charge in [0.1, 0.15) is 0 Å². The lowest BCUT2D eigenvalue weighted by Crippen LogP contribution is -2.16. The average molecular weight is 129 g/mol. The first kappa shape index (κ1) is 8.96. The molecule has 56 valence electrons. The highest BCUT2D eigenvalue weighted by Gasteiger charge is 2.18. The van der Waals surface area contributed by atoms with Gasteiger partial charge < -0.3 is 5.32 Å². The second-order valence-corrected chi connectivity index (χ2v) is 2.23. The van der Waals surface area contributed by atoms with E-state index in [1.807, 2.05) is 13.8 Å². The predicted molar refractivity (Wildman–Crippen MR) is 42.7 cm³/mol. The summed E-state index contributed by atoms with van der Waals surface area (Å²) in [6.07, 6.45) is 4.11. The van der Waals surface area contributed by atoms with Gasteiger partial charge in [-0.05, 0) is 25.8 Å². The Hall–Kier alpha value is -0.0400. The van der Waals surface area contributed by atoms with Crippen molar-refractivity contribution in [2.24, 2.45) is 0 Å². The van der Waals surface area contributed by atoms with Crippen LogP contribution in [-0.2, 0) is 0 Å². The first-order valence-electron chi connectivity index (χ1n) is 4.17. The summed E-state index contributed by atoms with van der Waals surface area (Å²) in [5.41, 5.74) is 0. The molecule has 0 aromatic heterocycles. The molecule has 0 aromatic rings. The van der Waals surface area contributed by atoms with Gasteiger partial charge in [0.05, 0.1) is 0 Å². The fourth-order valence-corrected chi connectivity index (χ4v) is 0.636. The first-order chi connectivity index (χ1) is 4.43. The van der Waals surface area contributed by atoms with Crippen molar-refractivity contribution in [2.75, 3.05) is 6.54 Å². The molecule has 0 unspecified atom stereocenters. The Kier molecular flexibility index (Phi) is 6.06. The van der Waals surface area contributed by atoms with E-state index in [1.165, 1.54) is 25.8 Å². The van der Waals surface area contributed by atoms with Crippen LogP contribution < -0.4 is 5.32 Å². The molecule has 0 atom stereocenters. The van der Waals surface area contributed by atoms with Crippen molar-refractivity contribution >= 4 is 0 Å². The second kappa shape index (κ2) is 6.09. The van der Waals surface area contributed by atoms with Crippen LogP contribution in [0.1, 0.15) is 40.0 Å². The van der Waals surface area contributed by atoms with Crippen LogP contribution in [-0.4, -0.2) is 12.6 Å². The molecule has 1 heteroatoms. The lowest BCUT2D eigenvalue weighted by atomic mass is 10.5. The van der Waals surface area contributed by atoms with E-state index in [0.29, 0.717) is 0 Å². The molecule has 0 amide bonds. The van der Waals surface area contributed by atoms with Crippen LogP contribution in [0.4, 0.5) is 0 Å². The van der Waals surface area contributed by atoms with Gasteiger partial charge in [0, 0.05) is 6.04 Å². The minimum atomic E-state index is 0.903. The highest BCUT2D eigenvalue weighted by Crippen LogP contribution is 2.17. The Morgan fingerprint density at radius 1 is 1.33 bits per heavy atom. The molecule has 1 nitrogen and oxygen atoms in total. The van der Waals surface area contributed by atoms with Crippen LogP contribution in [0, 0.1) is 0 Å². The Balaban J connectivity index is 0.000000291. The maximum Gasteiger partial charge on any atom is 0.00682 e. The second-order valence-electron chi connectivity index (χ2n) is 2.23. The monoisotopic (exact) mass is 129 g/mol. The van der Waals surface area contributed by atoms with Crippen LogP contribution >= 0.6 is 0 Å². The molecule has 1 saturated carbocycles. The van der Waals surface area contributed by atoms with Crippen LogP contribution in [0.3, 0.4) is 0 Å². The normalized spacial score (nSPS) is 16.3. The summed E-state index contributed by atoms with van der Waals surface area (Å²) in [5, 5.41) is 3.41. The molecule has 0 heterocycles. The Bertz CT molecular complexity index is 48.5. The lowest BCUT2D eigenvalue weighted by Gasteiger charge is -1.94. The van der Waals surface area contributed by atoms with Gasteiger partial charge in [-0.3, -0.25) is 0 Å². The summed E-state index contributed by atoms with van der Waals surface area (Å²) in [6.45, 7) is 7.42. The molecule has 1 rings (SSSR count). The topological polar surface area (TPSA) is 12.0 Å². The van der Waals surface area contributed by atoms with E-state index in [2.05, 4.69) is 12.2 Å². The van der Waals surface area contributed by atoms with E-state index in [0.717, 1.165) is 6.04 Å². The molecule has 0 aromatic carbocycles. The maximum absolute atomic E-state index is 3.41. The molecule has 0 radical (unpaired) electrons. The summed E-state index contributed by atoms with van der Waals surface area (Å²) in [4.78, 5) is 0. The SMILES string of the molecule is CC.CCCNC1CC1. The van der Waals surface area contributed by atoms with Gasteiger partial charge in [-0.2, -0.15) is 0 Å². The van der Waals surface area contributed by atoms with Crippen molar-refractivity contribution in [3.63, 3.8) is 0 Å². The first-order valence-corrected chi connectivity index (χ1v) is 4.17. The molecular formula is C8H19N. The summed E-state index contributed by atoms with van der Waals surface area (Å²) < 4.78 is 0. The number of hydrogen-bond acceptors (Lipinski definition) is 1. The molecule has 1 aliphatic rings. The third-order valence-corrected chi connectivity index (χ3v) is 1.26. The maximum atomic E-state index is 3.41. The van der Waals surface area contributed by atoms with E-state index in [1.54, 1.807) is 0 Å². The molecule has 1 aliphatic carbocycles. The van der Waals surface area contributed by atoms with Crippen LogP contribution in [0.25, 0.3) is 0 Å². The fourth-order valence-electron chi connectivity index (χ4n) is 0.636. The standard InChI is InChI=1S/C6H13N.C2H6/c1-2-5-7-6-3-4-6;1-2/h6-7H,2-5H2,1H3;1-2H3. The van der Waals surface area contributed by atoms with Gasteiger partial charge in [0.2, 0.25) is 0 Å². The molecule has 1 N–H and O–H groups in total. The molecule has 0 bridgehead atoms. The Morgan fingerprint density at radius 2 is 1.89 bits per heavy atom. The molecule has 0 spiro atoms. The van der Waals surface area contributed by atoms with Gasteiger partial charge >= 0.3 is 0 Å². The van der Waals surface area contributed by atoms with Crippen LogP contribution in [0.15, 0.2) is 0 Å². The van der Waals surface area contributed by atoms with Gasteiger partial charge in [0.25, 0.3) is 0 Å². The molecule has 1 fully saturated rings. The Labute approximate surface area is 58.8 Å². The Morgan fingerprint density at radius 3 is 2.22 bits per heavy atom. The average Bonchev–Trinajstić information content (AvgIpc) is 2.71. The largest absolute Gasteiger partial charge is 0.314 e. The van der Waals surface area contributed by atoms with E-state index < -0.39 is 0 Å². The van der Waals surface area contributed by atoms with E-state index in [-0.39, 0.29) is 0 Å². The number of hydrogen-bond donors (Lipinski definition) is 1. The van der Waals surface area contributed by atoms with E-state index >= 15 is 0 Å². The van der Waals surface area contributed by atoms with Gasteiger partial charge in [-0.15, -0.1) is 0 Å². The lowest BCUT2D eigenvalue weighted by molar-refractivity contribution is 0.671. The number of rotatable bonds is 3. The molecular weight excluding hydrogens is 110 g/mol. The van der Waals surface area contributed by atoms with Gasteiger partial charge in [-0.25, -0.2) is 0 Å². The van der Waals surface area contributed by atoms with Crippen LogP contribution in [0.5, 0.6) is 0 Å². The number of nitrogens with one attached hydrogen (secondary N) is 1. The minimum Gasteiger partial charge on any atom is -0.314 e. The van der Waals surface area contributed by atoms with Gasteiger partial charge in [-0.1, -0.05) is 20.8 Å². The molecule has 0 aliphatic heterocycles. The summed E-state index contributed by atoms with van der Waals surface area (Å²) >= 11 is 0. The highest BCUT2D eigenvalue weighted by atomic mass is 14.9. The summed E-state index contributed by atoms with van der Waals surface area (Å²) in [6, 6.07) is 0.903. The predicted octanol–water partition coefficient (Wildman–Crippen LogP) is 2.17. The quantitative estimate of drug-likeness (QED) is 0.616. The van der Waals surface area contributed by atoms with Crippen molar-refractivity contribution < 1.29 is 0 Å². The third kappa shape index (κ3) is 5.84. The van der Waals surface area contributed by atoms with Crippen molar-refractivity contribution in [3.05, 3.63) is 0 Å². The summed E-state index contributed by atoms with van der Waals surface area (Å²) in [7, 11) is 0. The zero-order chi connectivity index (χ0) is 7.11. The van der Waals surface area contributed by atoms with Crippen molar-refractivity contribution in [1.82, 2.24) is 5.32 Å². The van der Waals surface area contributed by atoms with Crippen molar-refractivity contribution in [2.45, 2.75) is 46.1 Å². The van der Waals surface area contributed by atoms with E-state index in [9.17, 15) is 0 Å². The van der Waals surface area contributed by atoms with Crippen molar-refractivity contribution in [3.8, 4) is 0 Å². The minimum absolute atomic E-state index is 0.903. The zero-order valence-electron chi connectivity index (χ0n) is 6.91. The fraction of sp³-hybridized carbons (Fsp3) is 1.00. The third-order valence-electron chi connectivity index (χ3n) is 1.26. The molecule has 0 saturated heterocycles. The smallest absolute Gasteiger partial charge is 0.00682 e. The zero-order valence-corrected chi connectivity index (χ0v) is 6.91. The van der Waals surface area contributed by atoms with Crippen LogP contribution in [0.2, 0.25) is 0 Å².